The van der Waals surface area contributed by atoms with Crippen LogP contribution in [0.2, 0.25) is 0 Å². The zero-order valence-electron chi connectivity index (χ0n) is 16.0. The van der Waals surface area contributed by atoms with Crippen molar-refractivity contribution in [1.29, 1.82) is 0 Å². The van der Waals surface area contributed by atoms with Crippen molar-refractivity contribution in [2.45, 2.75) is 31.3 Å². The average molecular weight is 396 g/mol. The second kappa shape index (κ2) is 8.88. The lowest BCUT2D eigenvalue weighted by molar-refractivity contribution is 0.209. The molecule has 0 saturated carbocycles. The highest BCUT2D eigenvalue weighted by Gasteiger charge is 2.18. The highest BCUT2D eigenvalue weighted by Crippen LogP contribution is 2.23. The first-order valence-electron chi connectivity index (χ1n) is 8.69. The molecule has 0 radical (unpaired) electrons. The Bertz CT molecular complexity index is 886. The van der Waals surface area contributed by atoms with E-state index in [1.807, 2.05) is 13.8 Å². The van der Waals surface area contributed by atoms with E-state index in [2.05, 4.69) is 10.3 Å². The molecule has 27 heavy (non-hydrogen) atoms. The molecule has 0 spiro atoms. The van der Waals surface area contributed by atoms with Gasteiger partial charge in [-0.1, -0.05) is 26.0 Å². The molecule has 0 unspecified atom stereocenters. The molecule has 1 aromatic heterocycles. The summed E-state index contributed by atoms with van der Waals surface area (Å²) < 4.78 is 39.9. The summed E-state index contributed by atoms with van der Waals surface area (Å²) in [7, 11) is -0.636. The van der Waals surface area contributed by atoms with Crippen LogP contribution in [0.1, 0.15) is 19.5 Å². The standard InChI is InChI=1S/C19H26FN3O3S/c1-13(2)19(12-24)21-11-18-16(20)8-9-17(22-18)14-6-5-7-15(10-14)27(25,26)23(3)4/h5-10,13,19,21,24H,11-12H2,1-4H3/t19-/m0/s1. The van der Waals surface area contributed by atoms with E-state index in [0.717, 1.165) is 4.31 Å². The summed E-state index contributed by atoms with van der Waals surface area (Å²) >= 11 is 0. The third-order valence-electron chi connectivity index (χ3n) is 4.36. The SMILES string of the molecule is CC(C)[C@H](CO)NCc1nc(-c2cccc(S(=O)(=O)N(C)C)c2)ccc1F. The van der Waals surface area contributed by atoms with E-state index in [1.165, 1.54) is 38.4 Å². The highest BCUT2D eigenvalue weighted by atomic mass is 32.2. The van der Waals surface area contributed by atoms with Crippen LogP contribution in [0.25, 0.3) is 11.3 Å². The molecule has 0 saturated heterocycles. The van der Waals surface area contributed by atoms with Gasteiger partial charge in [-0.3, -0.25) is 0 Å². The van der Waals surface area contributed by atoms with E-state index < -0.39 is 15.8 Å². The molecule has 0 aliphatic carbocycles. The predicted molar refractivity (Wildman–Crippen MR) is 103 cm³/mol. The van der Waals surface area contributed by atoms with Crippen LogP contribution in [0.15, 0.2) is 41.3 Å². The number of sulfonamides is 1. The summed E-state index contributed by atoms with van der Waals surface area (Å²) in [6.07, 6.45) is 0. The normalized spacial score (nSPS) is 13.3. The molecule has 8 heteroatoms. The Hall–Kier alpha value is -1.87. The summed E-state index contributed by atoms with van der Waals surface area (Å²) in [4.78, 5) is 4.50. The Morgan fingerprint density at radius 3 is 2.52 bits per heavy atom. The number of hydrogen-bond donors (Lipinski definition) is 2. The van der Waals surface area contributed by atoms with E-state index in [0.29, 0.717) is 11.3 Å². The lowest BCUT2D eigenvalue weighted by atomic mass is 10.1. The van der Waals surface area contributed by atoms with Gasteiger partial charge >= 0.3 is 0 Å². The number of nitrogens with zero attached hydrogens (tertiary/aromatic N) is 2. The number of halogens is 1. The van der Waals surface area contributed by atoms with Gasteiger partial charge in [-0.05, 0) is 30.2 Å². The number of benzene rings is 1. The largest absolute Gasteiger partial charge is 0.395 e. The zero-order chi connectivity index (χ0) is 20.2. The number of pyridine rings is 1. The van der Waals surface area contributed by atoms with Gasteiger partial charge in [-0.25, -0.2) is 22.1 Å². The van der Waals surface area contributed by atoms with E-state index >= 15 is 0 Å². The third-order valence-corrected chi connectivity index (χ3v) is 6.17. The molecule has 1 atom stereocenters. The number of hydrogen-bond acceptors (Lipinski definition) is 5. The maximum atomic E-state index is 14.1. The van der Waals surface area contributed by atoms with Gasteiger partial charge in [-0.15, -0.1) is 0 Å². The maximum Gasteiger partial charge on any atom is 0.242 e. The zero-order valence-corrected chi connectivity index (χ0v) is 16.8. The van der Waals surface area contributed by atoms with Crippen LogP contribution in [-0.4, -0.2) is 49.6 Å². The van der Waals surface area contributed by atoms with Crippen molar-refractivity contribution in [2.75, 3.05) is 20.7 Å². The monoisotopic (exact) mass is 395 g/mol. The van der Waals surface area contributed by atoms with Gasteiger partial charge in [0.05, 0.1) is 22.9 Å². The minimum absolute atomic E-state index is 0.0522. The molecule has 148 valence electrons. The molecule has 0 bridgehead atoms. The molecule has 0 aliphatic rings. The Morgan fingerprint density at radius 1 is 1.22 bits per heavy atom. The van der Waals surface area contributed by atoms with Crippen molar-refractivity contribution in [3.63, 3.8) is 0 Å². The Kier molecular flexibility index (Phi) is 7.05. The summed E-state index contributed by atoms with van der Waals surface area (Å²) in [5.41, 5.74) is 1.28. The molecule has 2 rings (SSSR count). The van der Waals surface area contributed by atoms with Crippen molar-refractivity contribution >= 4 is 10.0 Å². The van der Waals surface area contributed by atoms with Gasteiger partial charge in [0.1, 0.15) is 5.82 Å². The Labute approximate surface area is 160 Å². The fourth-order valence-electron chi connectivity index (χ4n) is 2.53. The first-order valence-corrected chi connectivity index (χ1v) is 10.1. The Balaban J connectivity index is 2.33. The molecule has 6 nitrogen and oxygen atoms in total. The van der Waals surface area contributed by atoms with E-state index in [-0.39, 0.29) is 35.7 Å². The number of nitrogens with one attached hydrogen (secondary N) is 1. The summed E-state index contributed by atoms with van der Waals surface area (Å²) in [6, 6.07) is 9.08. The van der Waals surface area contributed by atoms with Crippen LogP contribution in [-0.2, 0) is 16.6 Å². The number of aliphatic hydroxyl groups excluding tert-OH is 1. The van der Waals surface area contributed by atoms with Crippen LogP contribution in [0.3, 0.4) is 0 Å². The van der Waals surface area contributed by atoms with Crippen molar-refractivity contribution in [2.24, 2.45) is 5.92 Å². The molecule has 0 aliphatic heterocycles. The predicted octanol–water partition coefficient (Wildman–Crippen LogP) is 2.24. The summed E-state index contributed by atoms with van der Waals surface area (Å²) in [6.45, 7) is 4.04. The summed E-state index contributed by atoms with van der Waals surface area (Å²) in [5, 5.41) is 12.5. The van der Waals surface area contributed by atoms with Gasteiger partial charge < -0.3 is 10.4 Å². The molecule has 0 fully saturated rings. The maximum absolute atomic E-state index is 14.1. The first kappa shape index (κ1) is 21.4. The van der Waals surface area contributed by atoms with Gasteiger partial charge in [0, 0.05) is 32.2 Å². The lowest BCUT2D eigenvalue weighted by Gasteiger charge is -2.20. The highest BCUT2D eigenvalue weighted by molar-refractivity contribution is 7.89. The number of aromatic nitrogens is 1. The molecule has 2 aromatic rings. The van der Waals surface area contributed by atoms with Crippen LogP contribution in [0.5, 0.6) is 0 Å². The molecular weight excluding hydrogens is 369 g/mol. The van der Waals surface area contributed by atoms with Gasteiger partial charge in [0.25, 0.3) is 0 Å². The van der Waals surface area contributed by atoms with E-state index in [1.54, 1.807) is 12.1 Å². The average Bonchev–Trinajstić information content (AvgIpc) is 2.63. The van der Waals surface area contributed by atoms with Gasteiger partial charge in [0.2, 0.25) is 10.0 Å². The minimum atomic E-state index is -3.57. The van der Waals surface area contributed by atoms with Crippen molar-refractivity contribution < 1.29 is 17.9 Å². The fraction of sp³-hybridized carbons (Fsp3) is 0.421. The third kappa shape index (κ3) is 5.10. The molecule has 1 heterocycles. The summed E-state index contributed by atoms with van der Waals surface area (Å²) in [5.74, 6) is -0.266. The van der Waals surface area contributed by atoms with Crippen molar-refractivity contribution in [3.8, 4) is 11.3 Å². The Morgan fingerprint density at radius 2 is 1.93 bits per heavy atom. The van der Waals surface area contributed by atoms with Crippen LogP contribution in [0.4, 0.5) is 4.39 Å². The molecule has 0 amide bonds. The molecule has 1 aromatic carbocycles. The van der Waals surface area contributed by atoms with Crippen molar-refractivity contribution in [3.05, 3.63) is 47.9 Å². The quantitative estimate of drug-likeness (QED) is 0.716. The number of aliphatic hydroxyl groups is 1. The van der Waals surface area contributed by atoms with Crippen LogP contribution < -0.4 is 5.32 Å². The van der Waals surface area contributed by atoms with Crippen LogP contribution in [0, 0.1) is 11.7 Å². The van der Waals surface area contributed by atoms with Gasteiger partial charge in [0.15, 0.2) is 0 Å². The van der Waals surface area contributed by atoms with E-state index in [4.69, 9.17) is 0 Å². The van der Waals surface area contributed by atoms with Crippen molar-refractivity contribution in [1.82, 2.24) is 14.6 Å². The first-order chi connectivity index (χ1) is 12.7. The molecular formula is C19H26FN3O3S. The lowest BCUT2D eigenvalue weighted by Crippen LogP contribution is -2.36. The number of rotatable bonds is 8. The smallest absolute Gasteiger partial charge is 0.242 e. The fourth-order valence-corrected chi connectivity index (χ4v) is 3.48. The minimum Gasteiger partial charge on any atom is -0.395 e. The van der Waals surface area contributed by atoms with Gasteiger partial charge in [-0.2, -0.15) is 0 Å². The van der Waals surface area contributed by atoms with Crippen LogP contribution >= 0.6 is 0 Å². The molecule has 2 N–H and O–H groups in total. The van der Waals surface area contributed by atoms with E-state index in [9.17, 15) is 17.9 Å². The second-order valence-electron chi connectivity index (χ2n) is 6.85. The topological polar surface area (TPSA) is 82.5 Å². The second-order valence-corrected chi connectivity index (χ2v) is 9.01.